The van der Waals surface area contributed by atoms with E-state index in [-0.39, 0.29) is 11.3 Å². The van der Waals surface area contributed by atoms with E-state index in [4.69, 9.17) is 9.40 Å². The number of carbonyl (C=O) groups is 2. The van der Waals surface area contributed by atoms with Crippen LogP contribution in [0.5, 0.6) is 0 Å². The van der Waals surface area contributed by atoms with Gasteiger partial charge in [0.2, 0.25) is 0 Å². The molecule has 10 heteroatoms. The van der Waals surface area contributed by atoms with E-state index in [9.17, 15) is 9.59 Å². The first-order valence-electron chi connectivity index (χ1n) is 11.7. The zero-order valence-corrected chi connectivity index (χ0v) is 20.6. The SMILES string of the molecule is Cn1c(-c2ccco2)nc2cc(C3=NN(CCCNC(=O)NCc4ccccc4)C(=O)SC3)ccc21. The highest BCUT2D eigenvalue weighted by Gasteiger charge is 2.22. The van der Waals surface area contributed by atoms with Crippen molar-refractivity contribution >= 4 is 39.8 Å². The third-order valence-corrected chi connectivity index (χ3v) is 6.74. The van der Waals surface area contributed by atoms with Crippen LogP contribution in [-0.4, -0.2) is 50.4 Å². The lowest BCUT2D eigenvalue weighted by Crippen LogP contribution is -2.37. The van der Waals surface area contributed by atoms with E-state index in [1.807, 2.05) is 72.3 Å². The minimum Gasteiger partial charge on any atom is -0.461 e. The van der Waals surface area contributed by atoms with Gasteiger partial charge in [-0.05, 0) is 36.2 Å². The van der Waals surface area contributed by atoms with E-state index in [1.54, 1.807) is 6.26 Å². The van der Waals surface area contributed by atoms with Crippen LogP contribution in [0.1, 0.15) is 17.5 Å². The molecule has 1 aliphatic heterocycles. The molecular weight excluding hydrogens is 476 g/mol. The van der Waals surface area contributed by atoms with Crippen molar-refractivity contribution in [1.82, 2.24) is 25.2 Å². The third-order valence-electron chi connectivity index (χ3n) is 5.87. The lowest BCUT2D eigenvalue weighted by atomic mass is 10.1. The Labute approximate surface area is 212 Å². The molecule has 0 atom stereocenters. The number of nitrogens with one attached hydrogen (secondary N) is 2. The number of aryl methyl sites for hydroxylation is 1. The van der Waals surface area contributed by atoms with Crippen molar-refractivity contribution in [1.29, 1.82) is 0 Å². The zero-order chi connectivity index (χ0) is 24.9. The van der Waals surface area contributed by atoms with Crippen LogP contribution in [0.4, 0.5) is 9.59 Å². The maximum absolute atomic E-state index is 12.4. The number of carbonyl (C=O) groups excluding carboxylic acids is 2. The summed E-state index contributed by atoms with van der Waals surface area (Å²) in [5.74, 6) is 1.96. The number of thioether (sulfide) groups is 1. The fourth-order valence-corrected chi connectivity index (χ4v) is 4.75. The Morgan fingerprint density at radius 3 is 2.78 bits per heavy atom. The third kappa shape index (κ3) is 5.28. The van der Waals surface area contributed by atoms with E-state index in [0.717, 1.165) is 33.7 Å². The lowest BCUT2D eigenvalue weighted by molar-refractivity contribution is 0.223. The highest BCUT2D eigenvalue weighted by Crippen LogP contribution is 2.26. The number of amides is 3. The molecule has 0 fully saturated rings. The van der Waals surface area contributed by atoms with Gasteiger partial charge in [-0.2, -0.15) is 5.10 Å². The van der Waals surface area contributed by atoms with Crippen LogP contribution < -0.4 is 10.6 Å². The molecule has 1 aliphatic rings. The molecule has 3 heterocycles. The molecule has 9 nitrogen and oxygen atoms in total. The number of aromatic nitrogens is 2. The highest BCUT2D eigenvalue weighted by molar-refractivity contribution is 8.14. The van der Waals surface area contributed by atoms with Gasteiger partial charge in [0.05, 0.1) is 23.0 Å². The minimum absolute atomic E-state index is 0.0914. The highest BCUT2D eigenvalue weighted by atomic mass is 32.2. The first-order valence-corrected chi connectivity index (χ1v) is 12.6. The standard InChI is InChI=1S/C26H26N6O3S/c1-31-22-11-10-19(15-20(22)29-24(31)23-9-5-14-35-23)21-17-36-26(34)32(30-21)13-6-12-27-25(33)28-16-18-7-3-2-4-8-18/h2-5,7-11,14-15H,6,12-13,16-17H2,1H3,(H2,27,28,33). The smallest absolute Gasteiger partial charge is 0.315 e. The second-order valence-corrected chi connectivity index (χ2v) is 9.27. The number of fused-ring (bicyclic) bond motifs is 1. The summed E-state index contributed by atoms with van der Waals surface area (Å²) >= 11 is 1.23. The first-order chi connectivity index (χ1) is 17.6. The predicted octanol–water partition coefficient (Wildman–Crippen LogP) is 4.60. The molecule has 0 saturated heterocycles. The Morgan fingerprint density at radius 1 is 1.11 bits per heavy atom. The molecule has 5 rings (SSSR count). The molecule has 0 aliphatic carbocycles. The lowest BCUT2D eigenvalue weighted by Gasteiger charge is -2.23. The Balaban J connectivity index is 1.19. The molecule has 0 spiro atoms. The summed E-state index contributed by atoms with van der Waals surface area (Å²) in [6.07, 6.45) is 2.22. The Hall–Kier alpha value is -4.05. The van der Waals surface area contributed by atoms with Crippen LogP contribution in [0.25, 0.3) is 22.6 Å². The fraction of sp³-hybridized carbons (Fsp3) is 0.231. The molecule has 36 heavy (non-hydrogen) atoms. The number of benzene rings is 2. The summed E-state index contributed by atoms with van der Waals surface area (Å²) in [7, 11) is 1.96. The molecule has 0 unspecified atom stereocenters. The second kappa shape index (κ2) is 10.7. The first kappa shape index (κ1) is 23.7. The molecule has 184 valence electrons. The number of hydrazone groups is 1. The summed E-state index contributed by atoms with van der Waals surface area (Å²) in [6, 6.07) is 19.2. The predicted molar refractivity (Wildman–Crippen MR) is 141 cm³/mol. The number of hydrogen-bond acceptors (Lipinski definition) is 6. The second-order valence-electron chi connectivity index (χ2n) is 8.35. The van der Waals surface area contributed by atoms with Gasteiger partial charge in [0.1, 0.15) is 0 Å². The van der Waals surface area contributed by atoms with Gasteiger partial charge < -0.3 is 19.6 Å². The van der Waals surface area contributed by atoms with Crippen molar-refractivity contribution in [3.05, 3.63) is 78.1 Å². The van der Waals surface area contributed by atoms with Gasteiger partial charge >= 0.3 is 11.3 Å². The van der Waals surface area contributed by atoms with Crippen molar-refractivity contribution in [3.8, 4) is 11.6 Å². The van der Waals surface area contributed by atoms with Crippen molar-refractivity contribution < 1.29 is 14.0 Å². The van der Waals surface area contributed by atoms with E-state index in [1.165, 1.54) is 16.8 Å². The van der Waals surface area contributed by atoms with Crippen LogP contribution in [0.2, 0.25) is 0 Å². The van der Waals surface area contributed by atoms with Crippen molar-refractivity contribution in [2.75, 3.05) is 18.8 Å². The van der Waals surface area contributed by atoms with Gasteiger partial charge in [0, 0.05) is 38.0 Å². The van der Waals surface area contributed by atoms with Crippen molar-refractivity contribution in [2.45, 2.75) is 13.0 Å². The summed E-state index contributed by atoms with van der Waals surface area (Å²) in [6.45, 7) is 1.32. The van der Waals surface area contributed by atoms with Crippen LogP contribution in [0.15, 0.2) is 76.4 Å². The van der Waals surface area contributed by atoms with Crippen molar-refractivity contribution in [2.24, 2.45) is 12.1 Å². The molecule has 2 aromatic carbocycles. The summed E-state index contributed by atoms with van der Waals surface area (Å²) in [4.78, 5) is 29.2. The van der Waals surface area contributed by atoms with E-state index in [2.05, 4.69) is 15.7 Å². The average molecular weight is 503 g/mol. The van der Waals surface area contributed by atoms with Gasteiger partial charge in [-0.15, -0.1) is 0 Å². The molecule has 2 N–H and O–H groups in total. The number of rotatable bonds is 8. The summed E-state index contributed by atoms with van der Waals surface area (Å²) < 4.78 is 7.51. The number of nitrogens with zero attached hydrogens (tertiary/aromatic N) is 4. The quantitative estimate of drug-likeness (QED) is 0.343. The Kier molecular flexibility index (Phi) is 7.03. The number of imidazole rings is 1. The van der Waals surface area contributed by atoms with Gasteiger partial charge in [-0.1, -0.05) is 48.2 Å². The van der Waals surface area contributed by atoms with Crippen LogP contribution >= 0.6 is 11.8 Å². The number of hydrogen-bond donors (Lipinski definition) is 2. The monoisotopic (exact) mass is 502 g/mol. The molecule has 0 saturated carbocycles. The molecule has 0 bridgehead atoms. The van der Waals surface area contributed by atoms with Crippen molar-refractivity contribution in [3.63, 3.8) is 0 Å². The summed E-state index contributed by atoms with van der Waals surface area (Å²) in [5, 5.41) is 11.7. The van der Waals surface area contributed by atoms with Crippen LogP contribution in [-0.2, 0) is 13.6 Å². The van der Waals surface area contributed by atoms with Gasteiger partial charge in [0.25, 0.3) is 0 Å². The molecule has 3 amide bonds. The fourth-order valence-electron chi connectivity index (χ4n) is 3.98. The normalized spacial score (nSPS) is 13.6. The topological polar surface area (TPSA) is 105 Å². The average Bonchev–Trinajstić information content (AvgIpc) is 3.55. The zero-order valence-electron chi connectivity index (χ0n) is 19.8. The molecule has 4 aromatic rings. The number of furan rings is 1. The minimum atomic E-state index is -0.236. The van der Waals surface area contributed by atoms with Gasteiger partial charge in [-0.3, -0.25) is 4.79 Å². The maximum atomic E-state index is 12.4. The summed E-state index contributed by atoms with van der Waals surface area (Å²) in [5.41, 5.74) is 4.60. The molecule has 0 radical (unpaired) electrons. The Morgan fingerprint density at radius 2 is 1.97 bits per heavy atom. The Bertz CT molecular complexity index is 1400. The van der Waals surface area contributed by atoms with Crippen LogP contribution in [0, 0.1) is 0 Å². The molecule has 2 aromatic heterocycles. The number of urea groups is 1. The van der Waals surface area contributed by atoms with Gasteiger partial charge in [0.15, 0.2) is 11.6 Å². The largest absolute Gasteiger partial charge is 0.461 e. The van der Waals surface area contributed by atoms with E-state index in [0.29, 0.717) is 37.6 Å². The molecular formula is C26H26N6O3S. The van der Waals surface area contributed by atoms with E-state index < -0.39 is 0 Å². The van der Waals surface area contributed by atoms with Crippen LogP contribution in [0.3, 0.4) is 0 Å². The van der Waals surface area contributed by atoms with Gasteiger partial charge in [-0.25, -0.2) is 14.8 Å². The maximum Gasteiger partial charge on any atom is 0.315 e. The van der Waals surface area contributed by atoms with E-state index >= 15 is 0 Å².